The molecule has 4 heteroatoms. The summed E-state index contributed by atoms with van der Waals surface area (Å²) in [5.74, 6) is -0.102. The molecule has 22 heavy (non-hydrogen) atoms. The summed E-state index contributed by atoms with van der Waals surface area (Å²) in [6.07, 6.45) is -0.0215. The van der Waals surface area contributed by atoms with E-state index in [1.807, 2.05) is 59.3 Å². The van der Waals surface area contributed by atoms with Crippen molar-refractivity contribution in [1.29, 1.82) is 0 Å². The fourth-order valence-electron chi connectivity index (χ4n) is 2.47. The Morgan fingerprint density at radius 2 is 1.95 bits per heavy atom. The summed E-state index contributed by atoms with van der Waals surface area (Å²) < 4.78 is 0. The van der Waals surface area contributed by atoms with Gasteiger partial charge < -0.3 is 10.4 Å². The molecule has 0 radical (unpaired) electrons. The van der Waals surface area contributed by atoms with Crippen molar-refractivity contribution >= 4 is 28.0 Å². The molecule has 2 aromatic carbocycles. The lowest BCUT2D eigenvalue weighted by Crippen LogP contribution is -2.25. The first-order valence-electron chi connectivity index (χ1n) is 7.22. The topological polar surface area (TPSA) is 49.3 Å². The van der Waals surface area contributed by atoms with Crippen molar-refractivity contribution in [3.8, 4) is 0 Å². The van der Waals surface area contributed by atoms with E-state index in [2.05, 4.69) is 5.32 Å². The molecule has 3 aromatic rings. The van der Waals surface area contributed by atoms with Crippen LogP contribution in [-0.2, 0) is 0 Å². The van der Waals surface area contributed by atoms with Crippen LogP contribution in [0.1, 0.15) is 28.4 Å². The fraction of sp³-hybridized carbons (Fsp3) is 0.167. The molecule has 112 valence electrons. The van der Waals surface area contributed by atoms with Crippen molar-refractivity contribution in [2.45, 2.75) is 12.5 Å². The van der Waals surface area contributed by atoms with Gasteiger partial charge in [0.2, 0.25) is 0 Å². The molecular weight excluding hydrogens is 294 g/mol. The van der Waals surface area contributed by atoms with Gasteiger partial charge in [0.1, 0.15) is 0 Å². The van der Waals surface area contributed by atoms with Crippen molar-refractivity contribution in [1.82, 2.24) is 5.32 Å². The van der Waals surface area contributed by atoms with Gasteiger partial charge in [0.15, 0.2) is 0 Å². The van der Waals surface area contributed by atoms with Crippen LogP contribution in [0, 0.1) is 0 Å². The number of aliphatic hydroxyl groups is 1. The lowest BCUT2D eigenvalue weighted by Gasteiger charge is -2.11. The van der Waals surface area contributed by atoms with E-state index >= 15 is 0 Å². The smallest absolute Gasteiger partial charge is 0.251 e. The first-order chi connectivity index (χ1) is 10.8. The highest BCUT2D eigenvalue weighted by Crippen LogP contribution is 2.20. The first-order valence-corrected chi connectivity index (χ1v) is 8.16. The van der Waals surface area contributed by atoms with Crippen LogP contribution in [0.15, 0.2) is 59.3 Å². The lowest BCUT2D eigenvalue weighted by molar-refractivity contribution is 0.0944. The maximum atomic E-state index is 12.3. The van der Waals surface area contributed by atoms with Crippen LogP contribution in [0.2, 0.25) is 0 Å². The number of rotatable bonds is 5. The summed E-state index contributed by atoms with van der Waals surface area (Å²) in [6.45, 7) is 0.444. The SMILES string of the molecule is O=C(NCC[C@H](O)c1ccsc1)c1cccc2ccccc12. The van der Waals surface area contributed by atoms with Gasteiger partial charge in [-0.2, -0.15) is 11.3 Å². The molecule has 0 saturated carbocycles. The van der Waals surface area contributed by atoms with Crippen LogP contribution in [0.5, 0.6) is 0 Å². The summed E-state index contributed by atoms with van der Waals surface area (Å²) in [7, 11) is 0. The molecule has 0 aliphatic heterocycles. The summed E-state index contributed by atoms with van der Waals surface area (Å²) in [5.41, 5.74) is 1.58. The normalized spacial score (nSPS) is 12.2. The Morgan fingerprint density at radius 1 is 1.14 bits per heavy atom. The van der Waals surface area contributed by atoms with Gasteiger partial charge in [-0.15, -0.1) is 0 Å². The number of thiophene rings is 1. The number of benzene rings is 2. The van der Waals surface area contributed by atoms with Crippen LogP contribution < -0.4 is 5.32 Å². The predicted molar refractivity (Wildman–Crippen MR) is 90.2 cm³/mol. The molecule has 2 N–H and O–H groups in total. The van der Waals surface area contributed by atoms with E-state index in [1.54, 1.807) is 11.3 Å². The second-order valence-corrected chi connectivity index (χ2v) is 5.92. The Hall–Kier alpha value is -2.17. The highest BCUT2D eigenvalue weighted by atomic mass is 32.1. The Bertz CT molecular complexity index is 762. The molecule has 0 aliphatic rings. The standard InChI is InChI=1S/C18H17NO2S/c20-17(14-9-11-22-12-14)8-10-19-18(21)16-7-3-5-13-4-1-2-6-15(13)16/h1-7,9,11-12,17,20H,8,10H2,(H,19,21)/t17-/m0/s1. The van der Waals surface area contributed by atoms with E-state index in [9.17, 15) is 9.90 Å². The summed E-state index contributed by atoms with van der Waals surface area (Å²) in [4.78, 5) is 12.3. The number of nitrogens with one attached hydrogen (secondary N) is 1. The predicted octanol–water partition coefficient (Wildman–Crippen LogP) is 3.75. The number of aliphatic hydroxyl groups excluding tert-OH is 1. The van der Waals surface area contributed by atoms with Crippen LogP contribution in [0.3, 0.4) is 0 Å². The van der Waals surface area contributed by atoms with Gasteiger partial charge >= 0.3 is 0 Å². The molecule has 0 unspecified atom stereocenters. The maximum Gasteiger partial charge on any atom is 0.251 e. The van der Waals surface area contributed by atoms with E-state index in [4.69, 9.17) is 0 Å². The number of carbonyl (C=O) groups is 1. The van der Waals surface area contributed by atoms with E-state index in [0.29, 0.717) is 18.5 Å². The van der Waals surface area contributed by atoms with Crippen LogP contribution in [-0.4, -0.2) is 17.6 Å². The Morgan fingerprint density at radius 3 is 2.77 bits per heavy atom. The van der Waals surface area contributed by atoms with Crippen LogP contribution >= 0.6 is 11.3 Å². The highest BCUT2D eigenvalue weighted by Gasteiger charge is 2.11. The van der Waals surface area contributed by atoms with Crippen LogP contribution in [0.4, 0.5) is 0 Å². The van der Waals surface area contributed by atoms with Gasteiger partial charge in [0.25, 0.3) is 5.91 Å². The number of hydrogen-bond acceptors (Lipinski definition) is 3. The van der Waals surface area contributed by atoms with Gasteiger partial charge in [0, 0.05) is 12.1 Å². The molecular formula is C18H17NO2S. The van der Waals surface area contributed by atoms with E-state index in [1.165, 1.54) is 0 Å². The molecule has 3 rings (SSSR count). The monoisotopic (exact) mass is 311 g/mol. The zero-order valence-corrected chi connectivity index (χ0v) is 12.8. The van der Waals surface area contributed by atoms with Gasteiger partial charge in [-0.3, -0.25) is 4.79 Å². The van der Waals surface area contributed by atoms with Crippen molar-refractivity contribution in [3.63, 3.8) is 0 Å². The third-order valence-electron chi connectivity index (χ3n) is 3.67. The molecule has 1 atom stereocenters. The minimum Gasteiger partial charge on any atom is -0.388 e. The number of fused-ring (bicyclic) bond motifs is 1. The number of hydrogen-bond donors (Lipinski definition) is 2. The summed E-state index contributed by atoms with van der Waals surface area (Å²) >= 11 is 1.56. The van der Waals surface area contributed by atoms with Crippen molar-refractivity contribution in [3.05, 3.63) is 70.4 Å². The molecule has 1 amide bonds. The van der Waals surface area contributed by atoms with E-state index < -0.39 is 6.10 Å². The molecule has 0 spiro atoms. The van der Waals surface area contributed by atoms with Crippen molar-refractivity contribution in [2.75, 3.05) is 6.54 Å². The van der Waals surface area contributed by atoms with Gasteiger partial charge in [-0.25, -0.2) is 0 Å². The Balaban J connectivity index is 1.64. The van der Waals surface area contributed by atoms with Crippen LogP contribution in [0.25, 0.3) is 10.8 Å². The second kappa shape index (κ2) is 6.73. The molecule has 3 nitrogen and oxygen atoms in total. The second-order valence-electron chi connectivity index (χ2n) is 5.14. The lowest BCUT2D eigenvalue weighted by atomic mass is 10.0. The van der Waals surface area contributed by atoms with Gasteiger partial charge in [0.05, 0.1) is 6.10 Å². The zero-order valence-electron chi connectivity index (χ0n) is 12.0. The van der Waals surface area contributed by atoms with E-state index in [-0.39, 0.29) is 5.91 Å². The van der Waals surface area contributed by atoms with Gasteiger partial charge in [-0.05, 0) is 45.6 Å². The zero-order chi connectivity index (χ0) is 15.4. The largest absolute Gasteiger partial charge is 0.388 e. The number of amides is 1. The first kappa shape index (κ1) is 14.8. The Labute approximate surface area is 133 Å². The molecule has 1 heterocycles. The van der Waals surface area contributed by atoms with Crippen molar-refractivity contribution < 1.29 is 9.90 Å². The van der Waals surface area contributed by atoms with Crippen molar-refractivity contribution in [2.24, 2.45) is 0 Å². The third kappa shape index (κ3) is 3.18. The summed E-state index contributed by atoms with van der Waals surface area (Å²) in [5, 5.41) is 18.8. The average Bonchev–Trinajstić information content (AvgIpc) is 3.08. The maximum absolute atomic E-state index is 12.3. The molecule has 0 bridgehead atoms. The average molecular weight is 311 g/mol. The highest BCUT2D eigenvalue weighted by molar-refractivity contribution is 7.07. The molecule has 0 saturated heterocycles. The number of carbonyl (C=O) groups excluding carboxylic acids is 1. The van der Waals surface area contributed by atoms with Gasteiger partial charge in [-0.1, -0.05) is 36.4 Å². The third-order valence-corrected chi connectivity index (χ3v) is 4.37. The fourth-order valence-corrected chi connectivity index (χ4v) is 3.18. The minimum atomic E-state index is -0.529. The molecule has 0 fully saturated rings. The van der Waals surface area contributed by atoms with E-state index in [0.717, 1.165) is 16.3 Å². The summed E-state index contributed by atoms with van der Waals surface area (Å²) in [6, 6.07) is 15.4. The molecule has 1 aromatic heterocycles. The minimum absolute atomic E-state index is 0.102. The quantitative estimate of drug-likeness (QED) is 0.754. The Kier molecular flexibility index (Phi) is 4.51. The molecule has 0 aliphatic carbocycles.